The van der Waals surface area contributed by atoms with Crippen molar-refractivity contribution >= 4 is 37.3 Å². The molecular weight excluding hydrogens is 378 g/mol. The molecule has 0 aliphatic rings. The van der Waals surface area contributed by atoms with Crippen molar-refractivity contribution < 1.29 is 21.6 Å². The highest BCUT2D eigenvalue weighted by Gasteiger charge is 2.27. The summed E-state index contributed by atoms with van der Waals surface area (Å²) in [6.45, 7) is 5.16. The van der Waals surface area contributed by atoms with Crippen molar-refractivity contribution in [2.75, 3.05) is 22.8 Å². The Hall–Kier alpha value is -1.65. The van der Waals surface area contributed by atoms with E-state index in [0.29, 0.717) is 30.8 Å². The van der Waals surface area contributed by atoms with Gasteiger partial charge in [0.15, 0.2) is 0 Å². The van der Waals surface area contributed by atoms with E-state index in [0.717, 1.165) is 6.26 Å². The summed E-state index contributed by atoms with van der Waals surface area (Å²) in [5.74, 6) is -0.187. The number of nitrogens with one attached hydrogen (secondary N) is 3. The second-order valence-corrected chi connectivity index (χ2v) is 11.2. The topological polar surface area (TPSA) is 121 Å². The lowest BCUT2D eigenvalue weighted by molar-refractivity contribution is -0.116. The first kappa shape index (κ1) is 22.4. The largest absolute Gasteiger partial charge is 0.326 e. The van der Waals surface area contributed by atoms with Gasteiger partial charge in [0.05, 0.1) is 11.0 Å². The number of benzene rings is 1. The molecule has 26 heavy (non-hydrogen) atoms. The first-order chi connectivity index (χ1) is 11.8. The molecule has 0 aromatic heterocycles. The van der Waals surface area contributed by atoms with Gasteiger partial charge in [0, 0.05) is 24.3 Å². The standard InChI is InChI=1S/C16H27N3O5S2/c1-16(2,3)26(23,24)17-12-6-5-7-15(20)18-13-8-10-14(11-9-13)19-25(4,21)22/h8-11,17,19H,5-7,12H2,1-4H3,(H,18,20). The Bertz CT molecular complexity index is 810. The maximum Gasteiger partial charge on any atom is 0.229 e. The van der Waals surface area contributed by atoms with Crippen LogP contribution in [0.1, 0.15) is 40.0 Å². The molecule has 0 aliphatic carbocycles. The van der Waals surface area contributed by atoms with E-state index >= 15 is 0 Å². The van der Waals surface area contributed by atoms with Gasteiger partial charge in [-0.15, -0.1) is 0 Å². The van der Waals surface area contributed by atoms with E-state index in [1.54, 1.807) is 45.0 Å². The van der Waals surface area contributed by atoms with Crippen LogP contribution in [-0.2, 0) is 24.8 Å². The minimum atomic E-state index is -3.36. The molecule has 0 saturated heterocycles. The van der Waals surface area contributed by atoms with E-state index in [-0.39, 0.29) is 12.3 Å². The third-order valence-corrected chi connectivity index (χ3v) is 6.20. The van der Waals surface area contributed by atoms with Crippen LogP contribution < -0.4 is 14.8 Å². The SMILES string of the molecule is CC(C)(C)S(=O)(=O)NCCCCC(=O)Nc1ccc(NS(C)(=O)=O)cc1. The normalized spacial score (nSPS) is 12.6. The molecule has 0 atom stereocenters. The van der Waals surface area contributed by atoms with Crippen molar-refractivity contribution in [2.45, 2.75) is 44.8 Å². The molecule has 0 unspecified atom stereocenters. The van der Waals surface area contributed by atoms with Gasteiger partial charge in [-0.05, 0) is 57.9 Å². The lowest BCUT2D eigenvalue weighted by atomic mass is 10.2. The fourth-order valence-corrected chi connectivity index (χ4v) is 3.30. The van der Waals surface area contributed by atoms with Crippen molar-refractivity contribution in [1.29, 1.82) is 0 Å². The predicted octanol–water partition coefficient (Wildman–Crippen LogP) is 1.88. The van der Waals surface area contributed by atoms with E-state index in [9.17, 15) is 21.6 Å². The summed E-state index contributed by atoms with van der Waals surface area (Å²) >= 11 is 0. The summed E-state index contributed by atoms with van der Waals surface area (Å²) < 4.78 is 50.0. The maximum atomic E-state index is 11.9. The number of unbranched alkanes of at least 4 members (excludes halogenated alkanes) is 1. The molecule has 148 valence electrons. The summed E-state index contributed by atoms with van der Waals surface area (Å²) in [5.41, 5.74) is 0.971. The van der Waals surface area contributed by atoms with Gasteiger partial charge in [0.2, 0.25) is 26.0 Å². The summed E-state index contributed by atoms with van der Waals surface area (Å²) in [6, 6.07) is 6.31. The summed E-state index contributed by atoms with van der Waals surface area (Å²) in [4.78, 5) is 11.9. The third-order valence-electron chi connectivity index (χ3n) is 3.40. The zero-order valence-electron chi connectivity index (χ0n) is 15.5. The molecule has 3 N–H and O–H groups in total. The highest BCUT2D eigenvalue weighted by atomic mass is 32.2. The van der Waals surface area contributed by atoms with Gasteiger partial charge >= 0.3 is 0 Å². The van der Waals surface area contributed by atoms with Crippen molar-refractivity contribution in [1.82, 2.24) is 4.72 Å². The molecule has 0 heterocycles. The minimum Gasteiger partial charge on any atom is -0.326 e. The highest BCUT2D eigenvalue weighted by Crippen LogP contribution is 2.15. The minimum absolute atomic E-state index is 0.187. The molecule has 1 aromatic rings. The molecule has 10 heteroatoms. The Kier molecular flexibility index (Phi) is 7.60. The smallest absolute Gasteiger partial charge is 0.229 e. The average molecular weight is 406 g/mol. The predicted molar refractivity (Wildman–Crippen MR) is 104 cm³/mol. The van der Waals surface area contributed by atoms with Crippen LogP contribution in [0.5, 0.6) is 0 Å². The van der Waals surface area contributed by atoms with Crippen molar-refractivity contribution in [2.24, 2.45) is 0 Å². The van der Waals surface area contributed by atoms with E-state index in [4.69, 9.17) is 0 Å². The van der Waals surface area contributed by atoms with E-state index in [2.05, 4.69) is 14.8 Å². The number of rotatable bonds is 9. The lowest BCUT2D eigenvalue weighted by Gasteiger charge is -2.19. The fraction of sp³-hybridized carbons (Fsp3) is 0.562. The van der Waals surface area contributed by atoms with Crippen molar-refractivity contribution in [3.63, 3.8) is 0 Å². The van der Waals surface area contributed by atoms with E-state index < -0.39 is 24.8 Å². The van der Waals surface area contributed by atoms with Crippen LogP contribution in [0, 0.1) is 0 Å². The van der Waals surface area contributed by atoms with Crippen LogP contribution in [-0.4, -0.2) is 40.3 Å². The van der Waals surface area contributed by atoms with E-state index in [1.807, 2.05) is 0 Å². The molecule has 0 aliphatic heterocycles. The molecule has 0 radical (unpaired) electrons. The number of sulfonamides is 2. The maximum absolute atomic E-state index is 11.9. The number of carbonyl (C=O) groups is 1. The number of hydrogen-bond donors (Lipinski definition) is 3. The molecule has 0 bridgehead atoms. The first-order valence-electron chi connectivity index (χ1n) is 8.17. The Labute approximate surface area is 155 Å². The van der Waals surface area contributed by atoms with Gasteiger partial charge in [-0.3, -0.25) is 9.52 Å². The Morgan fingerprint density at radius 2 is 1.50 bits per heavy atom. The molecule has 0 fully saturated rings. The quantitative estimate of drug-likeness (QED) is 0.542. The van der Waals surface area contributed by atoms with E-state index in [1.165, 1.54) is 0 Å². The first-order valence-corrected chi connectivity index (χ1v) is 11.5. The monoisotopic (exact) mass is 405 g/mol. The molecule has 0 spiro atoms. The molecule has 1 aromatic carbocycles. The number of hydrogen-bond acceptors (Lipinski definition) is 5. The lowest BCUT2D eigenvalue weighted by Crippen LogP contribution is -2.39. The zero-order valence-corrected chi connectivity index (χ0v) is 17.1. The fourth-order valence-electron chi connectivity index (χ4n) is 1.89. The molecule has 1 amide bonds. The molecule has 1 rings (SSSR count). The third kappa shape index (κ3) is 8.15. The molecule has 8 nitrogen and oxygen atoms in total. The number of amides is 1. The van der Waals surface area contributed by atoms with Gasteiger partial charge in [0.1, 0.15) is 0 Å². The van der Waals surface area contributed by atoms with Crippen LogP contribution in [0.2, 0.25) is 0 Å². The second-order valence-electron chi connectivity index (χ2n) is 6.97. The average Bonchev–Trinajstić information content (AvgIpc) is 2.46. The van der Waals surface area contributed by atoms with Crippen LogP contribution in [0.15, 0.2) is 24.3 Å². The number of anilines is 2. The highest BCUT2D eigenvalue weighted by molar-refractivity contribution is 7.92. The van der Waals surface area contributed by atoms with Crippen LogP contribution in [0.25, 0.3) is 0 Å². The Balaban J connectivity index is 2.35. The van der Waals surface area contributed by atoms with Gasteiger partial charge in [-0.2, -0.15) is 0 Å². The zero-order chi connectivity index (χ0) is 20.0. The molecular formula is C16H27N3O5S2. The number of carbonyl (C=O) groups excluding carboxylic acids is 1. The second kappa shape index (κ2) is 8.83. The Morgan fingerprint density at radius 3 is 2.00 bits per heavy atom. The summed E-state index contributed by atoms with van der Waals surface area (Å²) in [5, 5.41) is 2.71. The van der Waals surface area contributed by atoms with Gasteiger partial charge in [-0.1, -0.05) is 0 Å². The molecule has 0 saturated carbocycles. The summed E-state index contributed by atoms with van der Waals surface area (Å²) in [6.07, 6.45) is 2.43. The van der Waals surface area contributed by atoms with Crippen molar-refractivity contribution in [3.8, 4) is 0 Å². The van der Waals surface area contributed by atoms with Crippen molar-refractivity contribution in [3.05, 3.63) is 24.3 Å². The van der Waals surface area contributed by atoms with Crippen LogP contribution in [0.4, 0.5) is 11.4 Å². The van der Waals surface area contributed by atoms with Gasteiger partial charge in [0.25, 0.3) is 0 Å². The van der Waals surface area contributed by atoms with Crippen LogP contribution in [0.3, 0.4) is 0 Å². The Morgan fingerprint density at radius 1 is 0.962 bits per heavy atom. The van der Waals surface area contributed by atoms with Gasteiger partial charge < -0.3 is 5.32 Å². The van der Waals surface area contributed by atoms with Gasteiger partial charge in [-0.25, -0.2) is 21.6 Å². The summed E-state index contributed by atoms with van der Waals surface area (Å²) in [7, 11) is -6.70. The van der Waals surface area contributed by atoms with Crippen LogP contribution >= 0.6 is 0 Å².